The van der Waals surface area contributed by atoms with Gasteiger partial charge in [0.25, 0.3) is 0 Å². The molecule has 1 unspecified atom stereocenters. The van der Waals surface area contributed by atoms with Crippen molar-refractivity contribution in [2.45, 2.75) is 12.8 Å². The van der Waals surface area contributed by atoms with E-state index in [0.29, 0.717) is 5.57 Å². The number of aryl methyl sites for hydroxylation is 1. The number of allylic oxidation sites excluding steroid dienone is 1. The van der Waals surface area contributed by atoms with Crippen molar-refractivity contribution >= 4 is 60.8 Å². The Labute approximate surface area is 228 Å². The lowest BCUT2D eigenvalue weighted by molar-refractivity contribution is 0.592. The second kappa shape index (κ2) is 8.44. The molecule has 0 bridgehead atoms. The van der Waals surface area contributed by atoms with Crippen molar-refractivity contribution in [3.8, 4) is 33.6 Å². The summed E-state index contributed by atoms with van der Waals surface area (Å²) in [5, 5.41) is 1.17. The predicted octanol–water partition coefficient (Wildman–Crippen LogP) is 7.67. The summed E-state index contributed by atoms with van der Waals surface area (Å²) in [5.74, 6) is 0. The van der Waals surface area contributed by atoms with Gasteiger partial charge in [0.1, 0.15) is 0 Å². The van der Waals surface area contributed by atoms with Crippen molar-refractivity contribution in [1.29, 1.82) is 0 Å². The molecule has 3 nitrogen and oxygen atoms in total. The lowest BCUT2D eigenvalue weighted by atomic mass is 9.98. The van der Waals surface area contributed by atoms with Gasteiger partial charge < -0.3 is 4.57 Å². The summed E-state index contributed by atoms with van der Waals surface area (Å²) in [7, 11) is -3.29. The molecule has 0 spiro atoms. The molecule has 6 heteroatoms. The van der Waals surface area contributed by atoms with Crippen LogP contribution in [0.15, 0.2) is 97.1 Å². The van der Waals surface area contributed by atoms with Gasteiger partial charge in [0.05, 0.1) is 20.6 Å². The summed E-state index contributed by atoms with van der Waals surface area (Å²) in [5.41, 5.74) is 7.51. The number of fused-ring (bicyclic) bond motifs is 7. The molecule has 6 aromatic rings. The fourth-order valence-corrected chi connectivity index (χ4v) is 12.6. The van der Waals surface area contributed by atoms with E-state index in [4.69, 9.17) is 9.97 Å². The first kappa shape index (κ1) is 22.4. The van der Waals surface area contributed by atoms with Crippen LogP contribution in [0.5, 0.6) is 0 Å². The number of benzene rings is 3. The minimum Gasteiger partial charge on any atom is -0.304 e. The van der Waals surface area contributed by atoms with E-state index in [-0.39, 0.29) is 0 Å². The normalized spacial score (nSPS) is 17.4. The Morgan fingerprint density at radius 1 is 0.711 bits per heavy atom. The zero-order valence-electron chi connectivity index (χ0n) is 20.3. The molecule has 1 aliphatic heterocycles. The number of rotatable bonds is 3. The third-order valence-corrected chi connectivity index (χ3v) is 13.8. The van der Waals surface area contributed by atoms with Crippen molar-refractivity contribution in [3.63, 3.8) is 0 Å². The van der Waals surface area contributed by atoms with Gasteiger partial charge in [-0.2, -0.15) is 0 Å². The number of hydrogen-bond donors (Lipinski definition) is 0. The Morgan fingerprint density at radius 3 is 2.05 bits per heavy atom. The maximum atomic E-state index is 15.7. The molecule has 0 radical (unpaired) electrons. The molecule has 2 aliphatic rings. The molecule has 0 saturated carbocycles. The Kier molecular flexibility index (Phi) is 4.97. The smallest absolute Gasteiger partial charge is 0.226 e. The predicted molar refractivity (Wildman–Crippen MR) is 162 cm³/mol. The van der Waals surface area contributed by atoms with E-state index >= 15 is 4.57 Å². The van der Waals surface area contributed by atoms with E-state index in [9.17, 15) is 0 Å². The summed E-state index contributed by atoms with van der Waals surface area (Å²) in [6.45, 7) is 0. The number of thiophene rings is 2. The first-order valence-corrected chi connectivity index (χ1v) is 16.0. The first-order chi connectivity index (χ1) is 18.7. The highest BCUT2D eigenvalue weighted by atomic mass is 32.1. The van der Waals surface area contributed by atoms with E-state index in [0.717, 1.165) is 60.4 Å². The standard InChI is InChI=1S/C32H21N2OPS2/c35-36(32-33-24(20-11-3-1-4-12-20)19-25(34-32)21-13-5-2-6-14-21)30-28(22-15-7-9-17-26(22)37-30)29-23-16-8-10-18-27(23)38-31(29)36/h1-9,11-17,19H,10,18H2. The molecule has 38 heavy (non-hydrogen) atoms. The number of aromatic nitrogens is 2. The molecule has 3 aromatic carbocycles. The van der Waals surface area contributed by atoms with Gasteiger partial charge in [-0.25, -0.2) is 9.97 Å². The average molecular weight is 545 g/mol. The van der Waals surface area contributed by atoms with Crippen LogP contribution in [0.1, 0.15) is 16.9 Å². The van der Waals surface area contributed by atoms with Crippen LogP contribution in [-0.2, 0) is 11.0 Å². The minimum atomic E-state index is -3.29. The fraction of sp³-hybridized carbons (Fsp3) is 0.0625. The maximum absolute atomic E-state index is 15.7. The lowest BCUT2D eigenvalue weighted by Gasteiger charge is -2.15. The molecule has 0 amide bonds. The van der Waals surface area contributed by atoms with Crippen LogP contribution in [0.3, 0.4) is 0 Å². The topological polar surface area (TPSA) is 42.9 Å². The second-order valence-corrected chi connectivity index (χ2v) is 14.9. The molecule has 1 atom stereocenters. The van der Waals surface area contributed by atoms with Gasteiger partial charge in [-0.15, -0.1) is 22.7 Å². The Balaban J connectivity index is 1.47. The number of hydrogen-bond acceptors (Lipinski definition) is 5. The fourth-order valence-electron chi connectivity index (χ4n) is 5.58. The van der Waals surface area contributed by atoms with E-state index in [1.165, 1.54) is 15.8 Å². The molecule has 8 rings (SSSR count). The second-order valence-electron chi connectivity index (χ2n) is 9.62. The van der Waals surface area contributed by atoms with Gasteiger partial charge in [0.15, 0.2) is 0 Å². The highest BCUT2D eigenvalue weighted by Crippen LogP contribution is 2.60. The lowest BCUT2D eigenvalue weighted by Crippen LogP contribution is -2.25. The minimum absolute atomic E-state index is 0.437. The third kappa shape index (κ3) is 3.16. The zero-order valence-corrected chi connectivity index (χ0v) is 22.8. The van der Waals surface area contributed by atoms with Gasteiger partial charge >= 0.3 is 0 Å². The summed E-state index contributed by atoms with van der Waals surface area (Å²) in [6, 6.07) is 30.7. The average Bonchev–Trinajstić information content (AvgIpc) is 3.62. The Hall–Kier alpha value is -3.63. The molecule has 3 aromatic heterocycles. The summed E-state index contributed by atoms with van der Waals surface area (Å²) >= 11 is 3.35. The van der Waals surface area contributed by atoms with Crippen LogP contribution in [0.25, 0.3) is 49.8 Å². The van der Waals surface area contributed by atoms with Crippen molar-refractivity contribution in [2.75, 3.05) is 0 Å². The van der Waals surface area contributed by atoms with E-state index < -0.39 is 7.14 Å². The molecule has 0 N–H and O–H groups in total. The van der Waals surface area contributed by atoms with E-state index in [2.05, 4.69) is 60.7 Å². The SMILES string of the molecule is O=P1(c2nc(-c3ccccc3)cc(-c3ccccc3)n2)c2sc3c(c2-c2c1sc1ccccc21)C=CCC3. The van der Waals surface area contributed by atoms with Gasteiger partial charge in [-0.3, -0.25) is 0 Å². The molecule has 1 aliphatic carbocycles. The van der Waals surface area contributed by atoms with Gasteiger partial charge in [0.2, 0.25) is 12.7 Å². The molecular weight excluding hydrogens is 523 g/mol. The van der Waals surface area contributed by atoms with E-state index in [1.54, 1.807) is 22.7 Å². The Bertz CT molecular complexity index is 1900. The van der Waals surface area contributed by atoms with Crippen LogP contribution in [0, 0.1) is 0 Å². The Morgan fingerprint density at radius 2 is 1.34 bits per heavy atom. The van der Waals surface area contributed by atoms with Gasteiger partial charge in [0, 0.05) is 37.2 Å². The van der Waals surface area contributed by atoms with Crippen molar-refractivity contribution in [3.05, 3.63) is 108 Å². The highest BCUT2D eigenvalue weighted by molar-refractivity contribution is 7.93. The zero-order chi connectivity index (χ0) is 25.3. The van der Waals surface area contributed by atoms with Crippen LogP contribution >= 0.6 is 29.8 Å². The molecule has 4 heterocycles. The van der Waals surface area contributed by atoms with E-state index in [1.807, 2.05) is 42.5 Å². The van der Waals surface area contributed by atoms with Crippen LogP contribution in [-0.4, -0.2) is 9.97 Å². The largest absolute Gasteiger partial charge is 0.304 e. The monoisotopic (exact) mass is 544 g/mol. The summed E-state index contributed by atoms with van der Waals surface area (Å²) in [6.07, 6.45) is 6.48. The maximum Gasteiger partial charge on any atom is 0.226 e. The van der Waals surface area contributed by atoms with Crippen LogP contribution in [0.4, 0.5) is 0 Å². The quantitative estimate of drug-likeness (QED) is 0.215. The van der Waals surface area contributed by atoms with Crippen molar-refractivity contribution < 1.29 is 4.57 Å². The molecule has 0 saturated heterocycles. The molecule has 0 fully saturated rings. The summed E-state index contributed by atoms with van der Waals surface area (Å²) < 4.78 is 18.7. The van der Waals surface area contributed by atoms with Crippen LogP contribution in [0.2, 0.25) is 0 Å². The molecule has 182 valence electrons. The highest BCUT2D eigenvalue weighted by Gasteiger charge is 2.48. The van der Waals surface area contributed by atoms with Gasteiger partial charge in [-0.05, 0) is 30.5 Å². The third-order valence-electron chi connectivity index (χ3n) is 7.36. The van der Waals surface area contributed by atoms with Crippen molar-refractivity contribution in [1.82, 2.24) is 9.97 Å². The molecular formula is C32H21N2OPS2. The number of nitrogens with zero attached hydrogens (tertiary/aromatic N) is 2. The van der Waals surface area contributed by atoms with Crippen molar-refractivity contribution in [2.24, 2.45) is 0 Å². The van der Waals surface area contributed by atoms with Crippen LogP contribution < -0.4 is 14.8 Å². The van der Waals surface area contributed by atoms with Gasteiger partial charge in [-0.1, -0.05) is 91.0 Å². The first-order valence-electron chi connectivity index (χ1n) is 12.7. The summed E-state index contributed by atoms with van der Waals surface area (Å²) in [4.78, 5) is 11.5.